The summed E-state index contributed by atoms with van der Waals surface area (Å²) in [6.07, 6.45) is 7.58. The second-order valence-electron chi connectivity index (χ2n) is 8.48. The summed E-state index contributed by atoms with van der Waals surface area (Å²) >= 11 is 0. The maximum Gasteiger partial charge on any atom is 0.250 e. The number of nitrogens with one attached hydrogen (secondary N) is 1. The molecule has 0 radical (unpaired) electrons. The summed E-state index contributed by atoms with van der Waals surface area (Å²) in [4.78, 5) is 30.1. The SMILES string of the molecule is CC1(C)C(=O)Nc2ccccc2N1C(=O)CN1CCC[C@@H]2CCCC[C@@H]21. The Balaban J connectivity index is 1.59. The van der Waals surface area contributed by atoms with Gasteiger partial charge in [0.05, 0.1) is 17.9 Å². The molecule has 2 amide bonds. The molecule has 1 saturated carbocycles. The lowest BCUT2D eigenvalue weighted by molar-refractivity contribution is -0.128. The zero-order valence-corrected chi connectivity index (χ0v) is 15.8. The van der Waals surface area contributed by atoms with Crippen LogP contribution in [0.1, 0.15) is 52.4 Å². The van der Waals surface area contributed by atoms with E-state index in [4.69, 9.17) is 0 Å². The summed E-state index contributed by atoms with van der Waals surface area (Å²) in [5, 5.41) is 2.94. The van der Waals surface area contributed by atoms with Crippen LogP contribution in [0.25, 0.3) is 0 Å². The van der Waals surface area contributed by atoms with E-state index < -0.39 is 5.54 Å². The fraction of sp³-hybridized carbons (Fsp3) is 0.619. The highest BCUT2D eigenvalue weighted by molar-refractivity contribution is 6.14. The molecule has 1 aromatic rings. The van der Waals surface area contributed by atoms with Gasteiger partial charge in [-0.3, -0.25) is 19.4 Å². The zero-order chi connectivity index (χ0) is 18.3. The molecule has 5 heteroatoms. The molecule has 140 valence electrons. The van der Waals surface area contributed by atoms with Crippen LogP contribution in [0.15, 0.2) is 24.3 Å². The Morgan fingerprint density at radius 3 is 2.73 bits per heavy atom. The summed E-state index contributed by atoms with van der Waals surface area (Å²) in [6, 6.07) is 8.13. The Hall–Kier alpha value is -1.88. The lowest BCUT2D eigenvalue weighted by Gasteiger charge is -2.46. The molecule has 1 aromatic carbocycles. The second-order valence-corrected chi connectivity index (χ2v) is 8.48. The monoisotopic (exact) mass is 355 g/mol. The summed E-state index contributed by atoms with van der Waals surface area (Å²) in [5.74, 6) is 0.650. The van der Waals surface area contributed by atoms with Crippen molar-refractivity contribution in [2.75, 3.05) is 23.3 Å². The zero-order valence-electron chi connectivity index (χ0n) is 15.8. The topological polar surface area (TPSA) is 52.7 Å². The van der Waals surface area contributed by atoms with E-state index in [0.717, 1.165) is 23.8 Å². The Morgan fingerprint density at radius 2 is 1.88 bits per heavy atom. The van der Waals surface area contributed by atoms with Crippen molar-refractivity contribution in [3.05, 3.63) is 24.3 Å². The highest BCUT2D eigenvalue weighted by atomic mass is 16.2. The van der Waals surface area contributed by atoms with Crippen molar-refractivity contribution in [2.24, 2.45) is 5.92 Å². The summed E-state index contributed by atoms with van der Waals surface area (Å²) in [7, 11) is 0. The maximum atomic E-state index is 13.4. The number of para-hydroxylation sites is 2. The van der Waals surface area contributed by atoms with Crippen molar-refractivity contribution in [3.8, 4) is 0 Å². The molecule has 0 unspecified atom stereocenters. The van der Waals surface area contributed by atoms with Crippen molar-refractivity contribution in [3.63, 3.8) is 0 Å². The average molecular weight is 355 g/mol. The molecule has 5 nitrogen and oxygen atoms in total. The molecule has 1 N–H and O–H groups in total. The predicted octanol–water partition coefficient (Wildman–Crippen LogP) is 3.40. The van der Waals surface area contributed by atoms with E-state index in [2.05, 4.69) is 10.2 Å². The fourth-order valence-electron chi connectivity index (χ4n) is 5.07. The summed E-state index contributed by atoms with van der Waals surface area (Å²) in [5.41, 5.74) is 0.645. The van der Waals surface area contributed by atoms with Gasteiger partial charge in [-0.1, -0.05) is 25.0 Å². The molecule has 2 fully saturated rings. The number of amides is 2. The van der Waals surface area contributed by atoms with Gasteiger partial charge in [0, 0.05) is 6.04 Å². The molecule has 2 aliphatic heterocycles. The lowest BCUT2D eigenvalue weighted by atomic mass is 9.78. The van der Waals surface area contributed by atoms with Crippen LogP contribution < -0.4 is 10.2 Å². The van der Waals surface area contributed by atoms with Crippen LogP contribution in [0, 0.1) is 5.92 Å². The molecule has 2 heterocycles. The maximum absolute atomic E-state index is 13.4. The highest BCUT2D eigenvalue weighted by Crippen LogP contribution is 2.38. The van der Waals surface area contributed by atoms with Gasteiger partial charge in [0.15, 0.2) is 0 Å². The van der Waals surface area contributed by atoms with Gasteiger partial charge in [-0.25, -0.2) is 0 Å². The fourth-order valence-corrected chi connectivity index (χ4v) is 5.07. The molecule has 0 aromatic heterocycles. The van der Waals surface area contributed by atoms with Crippen LogP contribution in [0.5, 0.6) is 0 Å². The number of carbonyl (C=O) groups excluding carboxylic acids is 2. The van der Waals surface area contributed by atoms with Crippen LogP contribution in [0.3, 0.4) is 0 Å². The minimum absolute atomic E-state index is 0.0310. The third-order valence-electron chi connectivity index (χ3n) is 6.45. The largest absolute Gasteiger partial charge is 0.322 e. The average Bonchev–Trinajstić information content (AvgIpc) is 2.63. The van der Waals surface area contributed by atoms with E-state index in [1.165, 1.54) is 38.5 Å². The number of fused-ring (bicyclic) bond motifs is 2. The first-order valence-electron chi connectivity index (χ1n) is 9.96. The van der Waals surface area contributed by atoms with Crippen LogP contribution in [-0.2, 0) is 9.59 Å². The molecule has 2 atom stereocenters. The number of benzene rings is 1. The van der Waals surface area contributed by atoms with Gasteiger partial charge >= 0.3 is 0 Å². The minimum atomic E-state index is -0.882. The van der Waals surface area contributed by atoms with E-state index in [-0.39, 0.29) is 11.8 Å². The van der Waals surface area contributed by atoms with Gasteiger partial charge in [-0.15, -0.1) is 0 Å². The van der Waals surface area contributed by atoms with E-state index in [1.54, 1.807) is 4.90 Å². The molecule has 4 rings (SSSR count). The first-order valence-corrected chi connectivity index (χ1v) is 9.96. The third kappa shape index (κ3) is 2.92. The lowest BCUT2D eigenvalue weighted by Crippen LogP contribution is -2.61. The van der Waals surface area contributed by atoms with Gasteiger partial charge in [0.2, 0.25) is 11.8 Å². The number of anilines is 2. The number of hydrogen-bond acceptors (Lipinski definition) is 3. The van der Waals surface area contributed by atoms with Crippen LogP contribution in [0.4, 0.5) is 11.4 Å². The Labute approximate surface area is 155 Å². The quantitative estimate of drug-likeness (QED) is 0.884. The minimum Gasteiger partial charge on any atom is -0.322 e. The highest BCUT2D eigenvalue weighted by Gasteiger charge is 2.44. The number of rotatable bonds is 2. The second kappa shape index (κ2) is 6.69. The number of piperidine rings is 1. The number of hydrogen-bond donors (Lipinski definition) is 1. The molecule has 26 heavy (non-hydrogen) atoms. The number of likely N-dealkylation sites (tertiary alicyclic amines) is 1. The Kier molecular flexibility index (Phi) is 4.51. The van der Waals surface area contributed by atoms with E-state index in [0.29, 0.717) is 12.6 Å². The van der Waals surface area contributed by atoms with Crippen molar-refractivity contribution in [2.45, 2.75) is 64.0 Å². The smallest absolute Gasteiger partial charge is 0.250 e. The van der Waals surface area contributed by atoms with Crippen LogP contribution in [0.2, 0.25) is 0 Å². The van der Waals surface area contributed by atoms with E-state index in [1.807, 2.05) is 38.1 Å². The first-order chi connectivity index (χ1) is 12.5. The van der Waals surface area contributed by atoms with E-state index >= 15 is 0 Å². The molecular weight excluding hydrogens is 326 g/mol. The molecule has 0 spiro atoms. The Morgan fingerprint density at radius 1 is 1.15 bits per heavy atom. The van der Waals surface area contributed by atoms with Crippen molar-refractivity contribution in [1.29, 1.82) is 0 Å². The predicted molar refractivity (Wildman–Crippen MR) is 103 cm³/mol. The summed E-state index contributed by atoms with van der Waals surface area (Å²) in [6.45, 7) is 5.06. The number of carbonyl (C=O) groups is 2. The summed E-state index contributed by atoms with van der Waals surface area (Å²) < 4.78 is 0. The van der Waals surface area contributed by atoms with Crippen molar-refractivity contribution in [1.82, 2.24) is 4.90 Å². The van der Waals surface area contributed by atoms with Gasteiger partial charge in [0.1, 0.15) is 5.54 Å². The molecular formula is C21H29N3O2. The Bertz CT molecular complexity index is 713. The van der Waals surface area contributed by atoms with Gasteiger partial charge in [-0.05, 0) is 64.1 Å². The molecule has 1 saturated heterocycles. The molecule has 3 aliphatic rings. The first kappa shape index (κ1) is 17.5. The standard InChI is InChI=1S/C21H29N3O2/c1-21(2)20(26)22-16-10-4-6-12-18(16)24(21)19(25)14-23-13-7-9-15-8-3-5-11-17(15)23/h4,6,10,12,15,17H,3,5,7-9,11,13-14H2,1-2H3,(H,22,26)/t15-,17-/m0/s1. The van der Waals surface area contributed by atoms with Gasteiger partial charge in [0.25, 0.3) is 0 Å². The van der Waals surface area contributed by atoms with E-state index in [9.17, 15) is 9.59 Å². The van der Waals surface area contributed by atoms with Gasteiger partial charge < -0.3 is 5.32 Å². The van der Waals surface area contributed by atoms with Crippen molar-refractivity contribution < 1.29 is 9.59 Å². The third-order valence-corrected chi connectivity index (χ3v) is 6.45. The normalized spacial score (nSPS) is 28.1. The van der Waals surface area contributed by atoms with Crippen molar-refractivity contribution >= 4 is 23.2 Å². The molecule has 1 aliphatic carbocycles. The number of nitrogens with zero attached hydrogens (tertiary/aromatic N) is 2. The van der Waals surface area contributed by atoms with Crippen LogP contribution in [-0.4, -0.2) is 41.4 Å². The van der Waals surface area contributed by atoms with Gasteiger partial charge in [-0.2, -0.15) is 0 Å². The van der Waals surface area contributed by atoms with Crippen LogP contribution >= 0.6 is 0 Å². The molecule has 0 bridgehead atoms.